The number of hydrogen-bond donors (Lipinski definition) is 1. The van der Waals surface area contributed by atoms with Crippen molar-refractivity contribution >= 4 is 11.6 Å². The van der Waals surface area contributed by atoms with Crippen LogP contribution in [0.2, 0.25) is 5.02 Å². The molecular weight excluding hydrogens is 294 g/mol. The van der Waals surface area contributed by atoms with Gasteiger partial charge >= 0.3 is 0 Å². The molecule has 0 aromatic carbocycles. The summed E-state index contributed by atoms with van der Waals surface area (Å²) in [5, 5.41) is 8.05. The van der Waals surface area contributed by atoms with Gasteiger partial charge in [0.2, 0.25) is 5.88 Å². The van der Waals surface area contributed by atoms with Gasteiger partial charge in [-0.1, -0.05) is 11.6 Å². The van der Waals surface area contributed by atoms with Crippen molar-refractivity contribution in [2.45, 2.75) is 12.6 Å². The van der Waals surface area contributed by atoms with Gasteiger partial charge in [0.05, 0.1) is 48.9 Å². The van der Waals surface area contributed by atoms with Gasteiger partial charge in [0.1, 0.15) is 6.33 Å². The monoisotopic (exact) mass is 311 g/mol. The second-order valence-electron chi connectivity index (χ2n) is 4.30. The molecule has 1 N–H and O–H groups in total. The lowest BCUT2D eigenvalue weighted by atomic mass is 10.1. The number of nitrogens with one attached hydrogen (secondary N) is 1. The summed E-state index contributed by atoms with van der Waals surface area (Å²) in [6.07, 6.45) is 3.08. The largest absolute Gasteiger partial charge is 0.481 e. The Labute approximate surface area is 128 Å². The predicted octanol–water partition coefficient (Wildman–Crippen LogP) is 1.29. The van der Waals surface area contributed by atoms with E-state index in [4.69, 9.17) is 21.1 Å². The van der Waals surface area contributed by atoms with E-state index in [2.05, 4.69) is 20.4 Å². The van der Waals surface area contributed by atoms with Crippen LogP contribution >= 0.6 is 11.6 Å². The number of halogens is 1. The molecule has 0 spiro atoms. The van der Waals surface area contributed by atoms with E-state index < -0.39 is 0 Å². The fraction of sp³-hybridized carbons (Fsp3) is 0.462. The van der Waals surface area contributed by atoms with Crippen molar-refractivity contribution in [3.8, 4) is 5.88 Å². The van der Waals surface area contributed by atoms with Gasteiger partial charge in [0.15, 0.2) is 0 Å². The van der Waals surface area contributed by atoms with E-state index in [-0.39, 0.29) is 6.04 Å². The van der Waals surface area contributed by atoms with Gasteiger partial charge in [-0.25, -0.2) is 9.97 Å². The molecule has 0 bridgehead atoms. The Hall–Kier alpha value is -1.70. The number of aromatic nitrogens is 4. The van der Waals surface area contributed by atoms with Gasteiger partial charge in [-0.05, 0) is 7.05 Å². The van der Waals surface area contributed by atoms with Gasteiger partial charge in [-0.3, -0.25) is 4.68 Å². The number of hydrogen-bond acceptors (Lipinski definition) is 6. The minimum Gasteiger partial charge on any atom is -0.481 e. The zero-order valence-electron chi connectivity index (χ0n) is 12.2. The summed E-state index contributed by atoms with van der Waals surface area (Å²) in [4.78, 5) is 8.31. The van der Waals surface area contributed by atoms with Gasteiger partial charge in [0.25, 0.3) is 0 Å². The SMILES string of the molecule is CNC(c1cc(OC)ncn1)c1c(Cl)cnn1CCOC. The molecule has 2 rings (SSSR count). The van der Waals surface area contributed by atoms with Crippen LogP contribution in [0.25, 0.3) is 0 Å². The quantitative estimate of drug-likeness (QED) is 0.830. The van der Waals surface area contributed by atoms with Crippen molar-refractivity contribution in [3.63, 3.8) is 0 Å². The Morgan fingerprint density at radius 2 is 2.19 bits per heavy atom. The molecule has 2 aromatic rings. The summed E-state index contributed by atoms with van der Waals surface area (Å²) in [6, 6.07) is 1.55. The van der Waals surface area contributed by atoms with E-state index in [9.17, 15) is 0 Å². The van der Waals surface area contributed by atoms with Crippen LogP contribution in [0, 0.1) is 0 Å². The van der Waals surface area contributed by atoms with Crippen LogP contribution in [0.15, 0.2) is 18.6 Å². The number of methoxy groups -OCH3 is 2. The van der Waals surface area contributed by atoms with E-state index in [0.29, 0.717) is 24.1 Å². The first-order valence-electron chi connectivity index (χ1n) is 6.44. The average Bonchev–Trinajstić information content (AvgIpc) is 2.88. The maximum Gasteiger partial charge on any atom is 0.216 e. The van der Waals surface area contributed by atoms with Gasteiger partial charge in [-0.15, -0.1) is 0 Å². The lowest BCUT2D eigenvalue weighted by molar-refractivity contribution is 0.182. The number of ether oxygens (including phenoxy) is 2. The zero-order chi connectivity index (χ0) is 15.2. The Morgan fingerprint density at radius 1 is 1.38 bits per heavy atom. The first kappa shape index (κ1) is 15.7. The van der Waals surface area contributed by atoms with Crippen molar-refractivity contribution < 1.29 is 9.47 Å². The molecule has 8 heteroatoms. The number of nitrogens with zero attached hydrogens (tertiary/aromatic N) is 4. The lowest BCUT2D eigenvalue weighted by Gasteiger charge is -2.18. The van der Waals surface area contributed by atoms with E-state index in [1.54, 1.807) is 26.5 Å². The molecule has 1 atom stereocenters. The molecule has 0 aliphatic carbocycles. The molecular formula is C13H18ClN5O2. The third-order valence-electron chi connectivity index (χ3n) is 3.07. The van der Waals surface area contributed by atoms with Gasteiger partial charge in [0, 0.05) is 13.2 Å². The Kier molecular flexibility index (Phi) is 5.49. The molecule has 0 amide bonds. The van der Waals surface area contributed by atoms with Crippen molar-refractivity contribution in [2.24, 2.45) is 0 Å². The Morgan fingerprint density at radius 3 is 2.86 bits per heavy atom. The lowest BCUT2D eigenvalue weighted by Crippen LogP contribution is -2.24. The van der Waals surface area contributed by atoms with Crippen LogP contribution in [0.5, 0.6) is 5.88 Å². The standard InChI is InChI=1S/C13H18ClN5O2/c1-15-12(10-6-11(21-3)17-8-16-10)13-9(14)7-18-19(13)4-5-20-2/h6-8,12,15H,4-5H2,1-3H3. The second kappa shape index (κ2) is 7.35. The van der Waals surface area contributed by atoms with Crippen LogP contribution in [-0.2, 0) is 11.3 Å². The first-order valence-corrected chi connectivity index (χ1v) is 6.82. The summed E-state index contributed by atoms with van der Waals surface area (Å²) in [5.41, 5.74) is 1.59. The van der Waals surface area contributed by atoms with E-state index in [1.807, 2.05) is 11.7 Å². The molecule has 7 nitrogen and oxygen atoms in total. The molecule has 21 heavy (non-hydrogen) atoms. The second-order valence-corrected chi connectivity index (χ2v) is 4.71. The topological polar surface area (TPSA) is 74.1 Å². The first-order chi connectivity index (χ1) is 10.2. The highest BCUT2D eigenvalue weighted by atomic mass is 35.5. The average molecular weight is 312 g/mol. The van der Waals surface area contributed by atoms with Crippen LogP contribution in [0.4, 0.5) is 0 Å². The fourth-order valence-electron chi connectivity index (χ4n) is 2.06. The van der Waals surface area contributed by atoms with Gasteiger partial charge in [-0.2, -0.15) is 5.10 Å². The summed E-state index contributed by atoms with van der Waals surface area (Å²) in [5.74, 6) is 0.499. The maximum absolute atomic E-state index is 6.28. The van der Waals surface area contributed by atoms with E-state index in [0.717, 1.165) is 11.4 Å². The number of rotatable bonds is 7. The predicted molar refractivity (Wildman–Crippen MR) is 78.6 cm³/mol. The van der Waals surface area contributed by atoms with Crippen molar-refractivity contribution in [1.82, 2.24) is 25.1 Å². The van der Waals surface area contributed by atoms with Gasteiger partial charge < -0.3 is 14.8 Å². The minimum absolute atomic E-state index is 0.214. The fourth-order valence-corrected chi connectivity index (χ4v) is 2.31. The summed E-state index contributed by atoms with van der Waals surface area (Å²) < 4.78 is 12.0. The van der Waals surface area contributed by atoms with Crippen LogP contribution in [-0.4, -0.2) is 47.6 Å². The molecule has 1 unspecified atom stereocenters. The molecule has 2 aromatic heterocycles. The van der Waals surface area contributed by atoms with E-state index >= 15 is 0 Å². The third-order valence-corrected chi connectivity index (χ3v) is 3.36. The Balaban J connectivity index is 2.38. The molecule has 0 saturated heterocycles. The molecule has 0 saturated carbocycles. The zero-order valence-corrected chi connectivity index (χ0v) is 13.0. The molecule has 0 aliphatic heterocycles. The van der Waals surface area contributed by atoms with Crippen LogP contribution in [0.3, 0.4) is 0 Å². The third kappa shape index (κ3) is 3.49. The van der Waals surface area contributed by atoms with Crippen molar-refractivity contribution in [1.29, 1.82) is 0 Å². The smallest absolute Gasteiger partial charge is 0.216 e. The highest BCUT2D eigenvalue weighted by molar-refractivity contribution is 6.31. The summed E-state index contributed by atoms with van der Waals surface area (Å²) in [7, 11) is 5.05. The molecule has 114 valence electrons. The molecule has 2 heterocycles. The van der Waals surface area contributed by atoms with Crippen LogP contribution in [0.1, 0.15) is 17.4 Å². The van der Waals surface area contributed by atoms with Crippen LogP contribution < -0.4 is 10.1 Å². The molecule has 0 radical (unpaired) electrons. The van der Waals surface area contributed by atoms with Crippen molar-refractivity contribution in [2.75, 3.05) is 27.9 Å². The highest BCUT2D eigenvalue weighted by Gasteiger charge is 2.22. The summed E-state index contributed by atoms with van der Waals surface area (Å²) in [6.45, 7) is 1.16. The molecule has 0 fully saturated rings. The normalized spacial score (nSPS) is 12.4. The van der Waals surface area contributed by atoms with E-state index in [1.165, 1.54) is 6.33 Å². The Bertz CT molecular complexity index is 590. The maximum atomic E-state index is 6.28. The van der Waals surface area contributed by atoms with Crippen molar-refractivity contribution in [3.05, 3.63) is 35.0 Å². The minimum atomic E-state index is -0.214. The highest BCUT2D eigenvalue weighted by Crippen LogP contribution is 2.28. The summed E-state index contributed by atoms with van der Waals surface area (Å²) >= 11 is 6.28. The molecule has 0 aliphatic rings.